The van der Waals surface area contributed by atoms with Crippen LogP contribution in [0.15, 0.2) is 12.1 Å². The van der Waals surface area contributed by atoms with Crippen molar-refractivity contribution in [3.63, 3.8) is 0 Å². The highest BCUT2D eigenvalue weighted by atomic mass is 35.5. The molecule has 1 aromatic rings. The zero-order valence-electron chi connectivity index (χ0n) is 6.26. The zero-order valence-corrected chi connectivity index (χ0v) is 7.02. The average molecular weight is 172 g/mol. The molecular formula is C7H10ClN3. The second-order valence-electron chi connectivity index (χ2n) is 2.29. The van der Waals surface area contributed by atoms with Crippen LogP contribution in [-0.4, -0.2) is 4.98 Å². The summed E-state index contributed by atoms with van der Waals surface area (Å²) < 4.78 is 0. The Hall–Kier alpha value is -0.800. The van der Waals surface area contributed by atoms with Crippen LogP contribution in [0.4, 0.5) is 5.82 Å². The van der Waals surface area contributed by atoms with Gasteiger partial charge >= 0.3 is 0 Å². The number of nitrogens with one attached hydrogen (secondary N) is 1. The first-order valence-electron chi connectivity index (χ1n) is 3.29. The number of anilines is 1. The molecule has 1 heterocycles. The van der Waals surface area contributed by atoms with Gasteiger partial charge in [-0.15, -0.1) is 0 Å². The van der Waals surface area contributed by atoms with Gasteiger partial charge in [-0.1, -0.05) is 6.07 Å². The molecule has 0 aliphatic rings. The number of aromatic nitrogens is 1. The molecule has 0 aliphatic carbocycles. The Morgan fingerprint density at radius 2 is 2.36 bits per heavy atom. The lowest BCUT2D eigenvalue weighted by atomic mass is 10.2. The van der Waals surface area contributed by atoms with E-state index in [9.17, 15) is 0 Å². The second-order valence-corrected chi connectivity index (χ2v) is 2.56. The molecule has 0 bridgehead atoms. The topological polar surface area (TPSA) is 50.9 Å². The van der Waals surface area contributed by atoms with Crippen LogP contribution < -0.4 is 10.6 Å². The number of nitrogens with two attached hydrogens (primary N) is 1. The van der Waals surface area contributed by atoms with Crippen LogP contribution in [0.1, 0.15) is 11.3 Å². The largest absolute Gasteiger partial charge is 0.384 e. The van der Waals surface area contributed by atoms with Gasteiger partial charge in [0.25, 0.3) is 0 Å². The van der Waals surface area contributed by atoms with Gasteiger partial charge in [0.15, 0.2) is 0 Å². The van der Waals surface area contributed by atoms with Crippen molar-refractivity contribution >= 4 is 17.6 Å². The fourth-order valence-corrected chi connectivity index (χ4v) is 1.01. The van der Waals surface area contributed by atoms with Gasteiger partial charge in [-0.3, -0.25) is 0 Å². The summed E-state index contributed by atoms with van der Waals surface area (Å²) in [6.07, 6.45) is 0. The Morgan fingerprint density at radius 3 is 2.91 bits per heavy atom. The van der Waals surface area contributed by atoms with E-state index < -0.39 is 0 Å². The molecule has 4 heteroatoms. The molecule has 0 fully saturated rings. The maximum atomic E-state index is 5.46. The van der Waals surface area contributed by atoms with Gasteiger partial charge in [0, 0.05) is 12.2 Å². The Labute approximate surface area is 70.7 Å². The number of nitrogen functional groups attached to an aromatic ring is 1. The van der Waals surface area contributed by atoms with Crippen LogP contribution in [0.5, 0.6) is 0 Å². The predicted molar refractivity (Wildman–Crippen MR) is 46.1 cm³/mol. The summed E-state index contributed by atoms with van der Waals surface area (Å²) in [6.45, 7) is 2.51. The molecule has 0 spiro atoms. The van der Waals surface area contributed by atoms with Gasteiger partial charge in [-0.25, -0.2) is 9.82 Å². The molecule has 0 amide bonds. The van der Waals surface area contributed by atoms with E-state index in [2.05, 4.69) is 9.82 Å². The predicted octanol–water partition coefficient (Wildman–Crippen LogP) is 1.22. The zero-order chi connectivity index (χ0) is 8.27. The van der Waals surface area contributed by atoms with Gasteiger partial charge in [-0.2, -0.15) is 0 Å². The summed E-state index contributed by atoms with van der Waals surface area (Å²) >= 11 is 5.34. The number of nitrogens with zero attached hydrogens (tertiary/aromatic N) is 1. The number of rotatable bonds is 2. The van der Waals surface area contributed by atoms with Crippen LogP contribution in [0.2, 0.25) is 0 Å². The summed E-state index contributed by atoms with van der Waals surface area (Å²) in [6, 6.07) is 3.67. The third-order valence-corrected chi connectivity index (χ3v) is 1.61. The lowest BCUT2D eigenvalue weighted by molar-refractivity contribution is 0.932. The van der Waals surface area contributed by atoms with E-state index in [1.165, 1.54) is 0 Å². The molecule has 0 aliphatic heterocycles. The van der Waals surface area contributed by atoms with Crippen molar-refractivity contribution in [3.05, 3.63) is 23.4 Å². The first kappa shape index (κ1) is 8.30. The van der Waals surface area contributed by atoms with E-state index in [1.807, 2.05) is 13.0 Å². The second kappa shape index (κ2) is 3.55. The number of hydrogen-bond acceptors (Lipinski definition) is 3. The fraction of sp³-hybridized carbons (Fsp3) is 0.286. The standard InChI is InChI=1S/C7H10ClN3/c1-5-6(4-10-8)2-3-7(9)11-5/h2-3,10H,4H2,1H3,(H2,9,11). The molecule has 1 rings (SSSR count). The van der Waals surface area contributed by atoms with Crippen LogP contribution in [0.3, 0.4) is 0 Å². The highest BCUT2D eigenvalue weighted by Crippen LogP contribution is 2.07. The maximum absolute atomic E-state index is 5.46. The van der Waals surface area contributed by atoms with E-state index in [-0.39, 0.29) is 0 Å². The Morgan fingerprint density at radius 1 is 1.64 bits per heavy atom. The monoisotopic (exact) mass is 171 g/mol. The summed E-state index contributed by atoms with van der Waals surface area (Å²) in [5.41, 5.74) is 7.44. The molecule has 60 valence electrons. The van der Waals surface area contributed by atoms with Crippen molar-refractivity contribution in [3.8, 4) is 0 Å². The summed E-state index contributed by atoms with van der Waals surface area (Å²) in [5, 5.41) is 0. The maximum Gasteiger partial charge on any atom is 0.123 e. The third-order valence-electron chi connectivity index (χ3n) is 1.47. The molecule has 1 aromatic heterocycles. The Balaban J connectivity index is 2.90. The number of halogens is 1. The minimum atomic E-state index is 0.542. The summed E-state index contributed by atoms with van der Waals surface area (Å²) in [7, 11) is 0. The summed E-state index contributed by atoms with van der Waals surface area (Å²) in [5.74, 6) is 0.542. The number of pyridine rings is 1. The van der Waals surface area contributed by atoms with Gasteiger partial charge in [-0.05, 0) is 30.3 Å². The first-order valence-corrected chi connectivity index (χ1v) is 3.67. The summed E-state index contributed by atoms with van der Waals surface area (Å²) in [4.78, 5) is 6.61. The average Bonchev–Trinajstić information content (AvgIpc) is 1.95. The van der Waals surface area contributed by atoms with Crippen molar-refractivity contribution in [2.24, 2.45) is 0 Å². The number of hydrogen-bond donors (Lipinski definition) is 2. The highest BCUT2D eigenvalue weighted by Gasteiger charge is 1.97. The van der Waals surface area contributed by atoms with Gasteiger partial charge in [0.05, 0.1) is 0 Å². The van der Waals surface area contributed by atoms with Crippen LogP contribution >= 0.6 is 11.8 Å². The molecule has 0 saturated heterocycles. The van der Waals surface area contributed by atoms with Crippen molar-refractivity contribution < 1.29 is 0 Å². The van der Waals surface area contributed by atoms with Crippen molar-refractivity contribution in [2.75, 3.05) is 5.73 Å². The SMILES string of the molecule is Cc1nc(N)ccc1CNCl. The van der Waals surface area contributed by atoms with Gasteiger partial charge in [0.1, 0.15) is 5.82 Å². The lowest BCUT2D eigenvalue weighted by Gasteiger charge is -2.02. The molecular weight excluding hydrogens is 162 g/mol. The molecule has 11 heavy (non-hydrogen) atoms. The molecule has 0 radical (unpaired) electrons. The van der Waals surface area contributed by atoms with Gasteiger partial charge in [0.2, 0.25) is 0 Å². The van der Waals surface area contributed by atoms with Crippen molar-refractivity contribution in [2.45, 2.75) is 13.5 Å². The minimum Gasteiger partial charge on any atom is -0.384 e. The molecule has 3 nitrogen and oxygen atoms in total. The first-order chi connectivity index (χ1) is 5.24. The smallest absolute Gasteiger partial charge is 0.123 e. The fourth-order valence-electron chi connectivity index (χ4n) is 0.868. The van der Waals surface area contributed by atoms with Crippen molar-refractivity contribution in [1.82, 2.24) is 9.82 Å². The van der Waals surface area contributed by atoms with E-state index in [4.69, 9.17) is 17.5 Å². The molecule has 3 N–H and O–H groups in total. The van der Waals surface area contributed by atoms with Crippen LogP contribution in [-0.2, 0) is 6.54 Å². The highest BCUT2D eigenvalue weighted by molar-refractivity contribution is 6.13. The van der Waals surface area contributed by atoms with Gasteiger partial charge < -0.3 is 5.73 Å². The molecule has 0 atom stereocenters. The van der Waals surface area contributed by atoms with E-state index in [0.29, 0.717) is 12.4 Å². The lowest BCUT2D eigenvalue weighted by Crippen LogP contribution is -2.03. The molecule has 0 unspecified atom stereocenters. The molecule has 0 saturated carbocycles. The normalized spacial score (nSPS) is 10.0. The quantitative estimate of drug-likeness (QED) is 0.658. The van der Waals surface area contributed by atoms with Crippen molar-refractivity contribution in [1.29, 1.82) is 0 Å². The molecule has 0 aromatic carbocycles. The van der Waals surface area contributed by atoms with Crippen LogP contribution in [0, 0.1) is 6.92 Å². The van der Waals surface area contributed by atoms with E-state index >= 15 is 0 Å². The Kier molecular flexibility index (Phi) is 2.68. The van der Waals surface area contributed by atoms with Crippen LogP contribution in [0.25, 0.3) is 0 Å². The van der Waals surface area contributed by atoms with E-state index in [0.717, 1.165) is 11.3 Å². The van der Waals surface area contributed by atoms with E-state index in [1.54, 1.807) is 6.07 Å². The Bertz CT molecular complexity index is 249. The minimum absolute atomic E-state index is 0.542. The number of aryl methyl sites for hydroxylation is 1. The third kappa shape index (κ3) is 2.06.